The first kappa shape index (κ1) is 20.7. The number of hydrogen-bond acceptors (Lipinski definition) is 3. The van der Waals surface area contributed by atoms with Gasteiger partial charge in [-0.3, -0.25) is 4.99 Å². The molecule has 2 unspecified atom stereocenters. The van der Waals surface area contributed by atoms with E-state index in [0.717, 1.165) is 37.0 Å². The molecule has 1 aromatic carbocycles. The molecule has 0 radical (unpaired) electrons. The summed E-state index contributed by atoms with van der Waals surface area (Å²) in [5.74, 6) is 0.888. The first-order chi connectivity index (χ1) is 10.6. The van der Waals surface area contributed by atoms with E-state index in [1.54, 1.807) is 0 Å². The van der Waals surface area contributed by atoms with Gasteiger partial charge in [-0.05, 0) is 30.9 Å². The van der Waals surface area contributed by atoms with Gasteiger partial charge in [0.2, 0.25) is 0 Å². The van der Waals surface area contributed by atoms with E-state index in [1.807, 2.05) is 37.0 Å². The van der Waals surface area contributed by atoms with E-state index < -0.39 is 0 Å². The summed E-state index contributed by atoms with van der Waals surface area (Å²) in [4.78, 5) is 6.68. The van der Waals surface area contributed by atoms with Crippen LogP contribution in [0, 0.1) is 0 Å². The third-order valence-electron chi connectivity index (χ3n) is 3.89. The Morgan fingerprint density at radius 3 is 2.96 bits per heavy atom. The lowest BCUT2D eigenvalue weighted by Crippen LogP contribution is -2.46. The Balaban J connectivity index is 0.00000264. The van der Waals surface area contributed by atoms with Crippen LogP contribution in [0.15, 0.2) is 29.3 Å². The van der Waals surface area contributed by atoms with Crippen molar-refractivity contribution in [1.29, 1.82) is 0 Å². The maximum absolute atomic E-state index is 6.08. The molecule has 1 aliphatic heterocycles. The summed E-state index contributed by atoms with van der Waals surface area (Å²) >= 11 is 7.93. The zero-order chi connectivity index (χ0) is 15.9. The zero-order valence-corrected chi connectivity index (χ0v) is 17.8. The Hall–Kier alpha value is -0.340. The largest absolute Gasteiger partial charge is 0.369 e. The van der Waals surface area contributed by atoms with Crippen molar-refractivity contribution < 1.29 is 0 Å². The summed E-state index contributed by atoms with van der Waals surface area (Å²) in [5, 5.41) is 8.27. The van der Waals surface area contributed by atoms with Gasteiger partial charge in [0, 0.05) is 48.7 Å². The average Bonchev–Trinajstić information content (AvgIpc) is 2.99. The van der Waals surface area contributed by atoms with E-state index in [2.05, 4.69) is 39.8 Å². The van der Waals surface area contributed by atoms with Gasteiger partial charge >= 0.3 is 0 Å². The molecule has 0 aromatic heterocycles. The van der Waals surface area contributed by atoms with Crippen LogP contribution in [0.3, 0.4) is 0 Å². The van der Waals surface area contributed by atoms with Gasteiger partial charge in [0.25, 0.3) is 0 Å². The predicted octanol–water partition coefficient (Wildman–Crippen LogP) is 3.45. The van der Waals surface area contributed by atoms with Crippen molar-refractivity contribution in [2.75, 3.05) is 37.8 Å². The summed E-state index contributed by atoms with van der Waals surface area (Å²) in [7, 11) is 1.82. The fourth-order valence-corrected chi connectivity index (χ4v) is 2.93. The minimum absolute atomic E-state index is 0. The van der Waals surface area contributed by atoms with Crippen LogP contribution in [0.5, 0.6) is 0 Å². The second kappa shape index (κ2) is 10.5. The minimum Gasteiger partial charge on any atom is -0.369 e. The SMILES string of the molecule is CN=C(NCC(C)SC)NC1CCN(c2cccc(Cl)c2)C1.I. The van der Waals surface area contributed by atoms with Gasteiger partial charge < -0.3 is 15.5 Å². The number of benzene rings is 1. The van der Waals surface area contributed by atoms with Crippen LogP contribution in [0.1, 0.15) is 13.3 Å². The molecule has 2 rings (SSSR count). The van der Waals surface area contributed by atoms with Crippen molar-refractivity contribution in [2.24, 2.45) is 4.99 Å². The lowest BCUT2D eigenvalue weighted by molar-refractivity contribution is 0.648. The van der Waals surface area contributed by atoms with Crippen LogP contribution in [0.4, 0.5) is 5.69 Å². The summed E-state index contributed by atoms with van der Waals surface area (Å²) in [6, 6.07) is 8.46. The number of thioether (sulfide) groups is 1. The third-order valence-corrected chi connectivity index (χ3v) is 5.09. The first-order valence-electron chi connectivity index (χ1n) is 7.63. The van der Waals surface area contributed by atoms with Crippen LogP contribution < -0.4 is 15.5 Å². The van der Waals surface area contributed by atoms with E-state index in [-0.39, 0.29) is 24.0 Å². The summed E-state index contributed by atoms with van der Waals surface area (Å²) in [6.07, 6.45) is 3.23. The quantitative estimate of drug-likeness (QED) is 0.394. The van der Waals surface area contributed by atoms with Crippen LogP contribution in [0.25, 0.3) is 0 Å². The summed E-state index contributed by atoms with van der Waals surface area (Å²) in [5.41, 5.74) is 1.19. The average molecular weight is 469 g/mol. The van der Waals surface area contributed by atoms with Gasteiger partial charge in [-0.1, -0.05) is 24.6 Å². The summed E-state index contributed by atoms with van der Waals surface area (Å²) < 4.78 is 0. The van der Waals surface area contributed by atoms with Gasteiger partial charge in [0.05, 0.1) is 0 Å². The van der Waals surface area contributed by atoms with Crippen LogP contribution >= 0.6 is 47.3 Å². The van der Waals surface area contributed by atoms with Crippen molar-refractivity contribution in [1.82, 2.24) is 10.6 Å². The molecule has 7 heteroatoms. The van der Waals surface area contributed by atoms with Crippen LogP contribution in [-0.2, 0) is 0 Å². The molecule has 0 aliphatic carbocycles. The molecule has 1 aromatic rings. The molecular weight excluding hydrogens is 443 g/mol. The van der Waals surface area contributed by atoms with Crippen molar-refractivity contribution in [3.8, 4) is 0 Å². The lowest BCUT2D eigenvalue weighted by Gasteiger charge is -2.21. The molecule has 23 heavy (non-hydrogen) atoms. The monoisotopic (exact) mass is 468 g/mol. The minimum atomic E-state index is 0. The molecule has 1 aliphatic rings. The normalized spacial score (nSPS) is 19.2. The van der Waals surface area contributed by atoms with Gasteiger partial charge in [-0.2, -0.15) is 11.8 Å². The van der Waals surface area contributed by atoms with E-state index in [9.17, 15) is 0 Å². The second-order valence-electron chi connectivity index (χ2n) is 5.56. The predicted molar refractivity (Wildman–Crippen MR) is 115 cm³/mol. The van der Waals surface area contributed by atoms with Gasteiger partial charge in [-0.25, -0.2) is 0 Å². The molecule has 0 bridgehead atoms. The maximum atomic E-state index is 6.08. The lowest BCUT2D eigenvalue weighted by atomic mass is 10.2. The highest BCUT2D eigenvalue weighted by Gasteiger charge is 2.23. The fraction of sp³-hybridized carbons (Fsp3) is 0.562. The fourth-order valence-electron chi connectivity index (χ4n) is 2.50. The molecular formula is C16H26ClIN4S. The highest BCUT2D eigenvalue weighted by molar-refractivity contribution is 14.0. The topological polar surface area (TPSA) is 39.7 Å². The molecule has 0 amide bonds. The van der Waals surface area contributed by atoms with Crippen molar-refractivity contribution in [2.45, 2.75) is 24.6 Å². The molecule has 2 N–H and O–H groups in total. The van der Waals surface area contributed by atoms with Crippen LogP contribution in [-0.4, -0.2) is 50.2 Å². The highest BCUT2D eigenvalue weighted by Crippen LogP contribution is 2.23. The molecule has 1 fully saturated rings. The first-order valence-corrected chi connectivity index (χ1v) is 9.29. The Morgan fingerprint density at radius 2 is 2.30 bits per heavy atom. The number of anilines is 1. The number of nitrogens with zero attached hydrogens (tertiary/aromatic N) is 2. The van der Waals surface area contributed by atoms with Gasteiger partial charge in [0.15, 0.2) is 5.96 Å². The summed E-state index contributed by atoms with van der Waals surface area (Å²) in [6.45, 7) is 5.14. The highest BCUT2D eigenvalue weighted by atomic mass is 127. The second-order valence-corrected chi connectivity index (χ2v) is 7.27. The van der Waals surface area contributed by atoms with Crippen molar-refractivity contribution in [3.05, 3.63) is 29.3 Å². The number of nitrogens with one attached hydrogen (secondary N) is 2. The Labute approximate surface area is 165 Å². The van der Waals surface area contributed by atoms with Gasteiger partial charge in [-0.15, -0.1) is 24.0 Å². The molecule has 130 valence electrons. The standard InChI is InChI=1S/C16H25ClN4S.HI/c1-12(22-3)10-19-16(18-2)20-14-7-8-21(11-14)15-6-4-5-13(17)9-15;/h4-6,9,12,14H,7-8,10-11H2,1-3H3,(H2,18,19,20);1H. The Morgan fingerprint density at radius 1 is 1.52 bits per heavy atom. The van der Waals surface area contributed by atoms with E-state index >= 15 is 0 Å². The van der Waals surface area contributed by atoms with Crippen LogP contribution in [0.2, 0.25) is 5.02 Å². The van der Waals surface area contributed by atoms with Gasteiger partial charge in [0.1, 0.15) is 0 Å². The maximum Gasteiger partial charge on any atom is 0.191 e. The van der Waals surface area contributed by atoms with E-state index in [4.69, 9.17) is 11.6 Å². The molecule has 2 atom stereocenters. The Kier molecular flexibility index (Phi) is 9.46. The number of halogens is 2. The van der Waals surface area contributed by atoms with E-state index in [0.29, 0.717) is 11.3 Å². The molecule has 1 saturated heterocycles. The van der Waals surface area contributed by atoms with E-state index in [1.165, 1.54) is 5.69 Å². The number of aliphatic imine (C=N–C) groups is 1. The Bertz CT molecular complexity index is 515. The molecule has 0 spiro atoms. The number of guanidine groups is 1. The smallest absolute Gasteiger partial charge is 0.191 e. The van der Waals surface area contributed by atoms with Crippen molar-refractivity contribution >= 4 is 59.0 Å². The van der Waals surface area contributed by atoms with Crippen molar-refractivity contribution in [3.63, 3.8) is 0 Å². The zero-order valence-electron chi connectivity index (χ0n) is 13.9. The third kappa shape index (κ3) is 6.58. The number of hydrogen-bond donors (Lipinski definition) is 2. The molecule has 1 heterocycles. The number of rotatable bonds is 5. The molecule has 0 saturated carbocycles. The molecule has 4 nitrogen and oxygen atoms in total.